The number of hydrogen-bond donors (Lipinski definition) is 0. The first-order valence-corrected chi connectivity index (χ1v) is 23.3. The normalized spacial score (nSPS) is 17.6. The number of aryl methyl sites for hydroxylation is 2. The Morgan fingerprint density at radius 1 is 0.779 bits per heavy atom. The van der Waals surface area contributed by atoms with E-state index in [-0.39, 0.29) is 48.1 Å². The monoisotopic (exact) mass is 928 g/mol. The van der Waals surface area contributed by atoms with E-state index in [9.17, 15) is 18.4 Å². The fourth-order valence-corrected chi connectivity index (χ4v) is 9.26. The number of rotatable bonds is 9. The number of aromatic nitrogens is 10. The lowest BCUT2D eigenvalue weighted by Crippen LogP contribution is -2.45. The van der Waals surface area contributed by atoms with Crippen LogP contribution in [0.5, 0.6) is 0 Å². The first-order valence-electron chi connectivity index (χ1n) is 23.3. The molecule has 7 heterocycles. The molecule has 0 bridgehead atoms. The van der Waals surface area contributed by atoms with Crippen molar-refractivity contribution < 1.29 is 32.6 Å². The maximum Gasteiger partial charge on any atom is 0.308 e. The summed E-state index contributed by atoms with van der Waals surface area (Å²) in [5, 5.41) is 24.4. The zero-order chi connectivity index (χ0) is 48.5. The van der Waals surface area contributed by atoms with Gasteiger partial charge in [0.05, 0.1) is 30.0 Å². The standard InChI is InChI=1S/C32H40FN5O4.C19H18FN5O/c1-19(2)28-25(15-14-22-17-23(41-32(6,7)40-22)18-26(39)42-31(3,4)5)27(20-10-12-21(33)13-11-20)24-9-8-16-38-30(29(24)34-28)35-36-37-38;1-11(2)17-15(10-26)16(12-5-7-13(20)8-6-12)14-4-3-9-25-19(18(14)21-17)22-23-24-25/h10-15,19,22-23H,8-9,16-18H2,1-7H3;5-8,10-11H,3-4,9H2,1-2H3/b15-14+;/t22-,23-;/m1./s1. The van der Waals surface area contributed by atoms with Crippen molar-refractivity contribution in [2.75, 3.05) is 0 Å². The zero-order valence-corrected chi connectivity index (χ0v) is 40.1. The highest BCUT2D eigenvalue weighted by molar-refractivity contribution is 5.93. The quantitative estimate of drug-likeness (QED) is 0.0991. The Morgan fingerprint density at radius 3 is 1.74 bits per heavy atom. The van der Waals surface area contributed by atoms with Crippen molar-refractivity contribution >= 4 is 18.3 Å². The molecule has 3 aliphatic rings. The van der Waals surface area contributed by atoms with Crippen molar-refractivity contribution in [1.82, 2.24) is 50.4 Å². The molecule has 68 heavy (non-hydrogen) atoms. The average molecular weight is 929 g/mol. The number of esters is 1. The van der Waals surface area contributed by atoms with E-state index < -0.39 is 11.4 Å². The molecule has 0 unspecified atom stereocenters. The summed E-state index contributed by atoms with van der Waals surface area (Å²) >= 11 is 0. The van der Waals surface area contributed by atoms with Crippen LogP contribution in [-0.2, 0) is 44.9 Å². The molecule has 2 aromatic carbocycles. The molecule has 2 atom stereocenters. The summed E-state index contributed by atoms with van der Waals surface area (Å²) in [7, 11) is 0. The van der Waals surface area contributed by atoms with Gasteiger partial charge < -0.3 is 14.2 Å². The van der Waals surface area contributed by atoms with Gasteiger partial charge in [-0.1, -0.05) is 64.1 Å². The van der Waals surface area contributed by atoms with Crippen molar-refractivity contribution in [1.29, 1.82) is 0 Å². The molecule has 4 aromatic heterocycles. The number of pyridine rings is 2. The minimum Gasteiger partial charge on any atom is -0.460 e. The van der Waals surface area contributed by atoms with Gasteiger partial charge >= 0.3 is 5.97 Å². The summed E-state index contributed by atoms with van der Waals surface area (Å²) in [5.74, 6) is -0.411. The molecule has 1 saturated heterocycles. The number of fused-ring (bicyclic) bond motifs is 6. The Morgan fingerprint density at radius 2 is 1.26 bits per heavy atom. The van der Waals surface area contributed by atoms with Crippen LogP contribution in [0.2, 0.25) is 0 Å². The predicted octanol–water partition coefficient (Wildman–Crippen LogP) is 9.69. The number of tetrazole rings is 2. The number of ether oxygens (including phenoxy) is 3. The van der Waals surface area contributed by atoms with Crippen molar-refractivity contribution in [2.24, 2.45) is 0 Å². The Bertz CT molecular complexity index is 2830. The molecule has 0 saturated carbocycles. The molecule has 9 rings (SSSR count). The SMILES string of the molecule is CC(C)c1nc2c(c(-c3ccc(F)cc3)c1/C=C/[C@@H]1C[C@H](CC(=O)OC(C)(C)C)OC(C)(C)O1)CCCn1nnnc1-2.CC(C)c1nc2c(c(-c3ccc(F)cc3)c1C=O)CCCn1nnnc1-2. The number of carbonyl (C=O) groups excluding carboxylic acids is 2. The van der Waals surface area contributed by atoms with Crippen LogP contribution in [0.1, 0.15) is 138 Å². The van der Waals surface area contributed by atoms with Crippen LogP contribution in [-0.4, -0.2) is 86.2 Å². The second-order valence-electron chi connectivity index (χ2n) is 19.5. The van der Waals surface area contributed by atoms with E-state index in [1.54, 1.807) is 21.5 Å². The van der Waals surface area contributed by atoms with Gasteiger partial charge in [0, 0.05) is 30.6 Å². The fraction of sp³-hybridized carbons (Fsp3) is 0.451. The van der Waals surface area contributed by atoms with Gasteiger partial charge in [-0.05, 0) is 151 Å². The Hall–Kier alpha value is -6.46. The zero-order valence-electron chi connectivity index (χ0n) is 40.1. The highest BCUT2D eigenvalue weighted by Crippen LogP contribution is 2.42. The molecular formula is C51H58F2N10O5. The van der Waals surface area contributed by atoms with Crippen molar-refractivity contribution in [3.63, 3.8) is 0 Å². The van der Waals surface area contributed by atoms with Crippen molar-refractivity contribution in [3.05, 3.63) is 99.9 Å². The van der Waals surface area contributed by atoms with Crippen LogP contribution in [0.25, 0.3) is 51.4 Å². The lowest BCUT2D eigenvalue weighted by atomic mass is 9.87. The Balaban J connectivity index is 0.000000205. The molecule has 15 nitrogen and oxygen atoms in total. The second kappa shape index (κ2) is 19.6. The third-order valence-electron chi connectivity index (χ3n) is 12.0. The number of carbonyl (C=O) groups is 2. The summed E-state index contributed by atoms with van der Waals surface area (Å²) in [4.78, 5) is 34.5. The molecule has 1 fully saturated rings. The van der Waals surface area contributed by atoms with Gasteiger partial charge in [0.15, 0.2) is 12.1 Å². The van der Waals surface area contributed by atoms with Gasteiger partial charge in [-0.25, -0.2) is 28.1 Å². The number of benzene rings is 2. The topological polar surface area (TPSA) is 175 Å². The first kappa shape index (κ1) is 48.0. The molecule has 0 N–H and O–H groups in total. The maximum atomic E-state index is 14.0. The minimum absolute atomic E-state index is 0.0484. The Kier molecular flexibility index (Phi) is 13.9. The lowest BCUT2D eigenvalue weighted by molar-refractivity contribution is -0.290. The number of halogens is 2. The molecule has 6 aromatic rings. The minimum atomic E-state index is -0.885. The van der Waals surface area contributed by atoms with Gasteiger partial charge in [0.1, 0.15) is 28.6 Å². The van der Waals surface area contributed by atoms with E-state index in [4.69, 9.17) is 24.2 Å². The second-order valence-corrected chi connectivity index (χ2v) is 19.5. The van der Waals surface area contributed by atoms with Gasteiger partial charge in [-0.15, -0.1) is 10.2 Å². The van der Waals surface area contributed by atoms with E-state index >= 15 is 0 Å². The van der Waals surface area contributed by atoms with E-state index in [1.807, 2.05) is 66.7 Å². The number of hydrogen-bond acceptors (Lipinski definition) is 13. The summed E-state index contributed by atoms with van der Waals surface area (Å²) < 4.78 is 48.9. The predicted molar refractivity (Wildman–Crippen MR) is 251 cm³/mol. The maximum absolute atomic E-state index is 14.0. The third-order valence-corrected chi connectivity index (χ3v) is 12.0. The van der Waals surface area contributed by atoms with E-state index in [0.717, 1.165) is 82.3 Å². The van der Waals surface area contributed by atoms with Gasteiger partial charge in [0.25, 0.3) is 0 Å². The third kappa shape index (κ3) is 10.5. The first-order chi connectivity index (χ1) is 32.4. The van der Waals surface area contributed by atoms with E-state index in [2.05, 4.69) is 51.0 Å². The highest BCUT2D eigenvalue weighted by Gasteiger charge is 2.37. The van der Waals surface area contributed by atoms with Crippen LogP contribution >= 0.6 is 0 Å². The van der Waals surface area contributed by atoms with Crippen LogP contribution in [0.3, 0.4) is 0 Å². The average Bonchev–Trinajstić information content (AvgIpc) is 3.86. The lowest BCUT2D eigenvalue weighted by Gasteiger charge is -2.39. The van der Waals surface area contributed by atoms with Crippen LogP contribution in [0.15, 0.2) is 54.6 Å². The summed E-state index contributed by atoms with van der Waals surface area (Å²) in [6, 6.07) is 12.8. The summed E-state index contributed by atoms with van der Waals surface area (Å²) in [6.45, 7) is 18.8. The molecule has 17 heteroatoms. The fourth-order valence-electron chi connectivity index (χ4n) is 9.26. The van der Waals surface area contributed by atoms with Crippen LogP contribution in [0, 0.1) is 11.6 Å². The molecule has 3 aliphatic heterocycles. The summed E-state index contributed by atoms with van der Waals surface area (Å²) in [5.41, 5.74) is 9.49. The van der Waals surface area contributed by atoms with E-state index in [1.165, 1.54) is 24.3 Å². The largest absolute Gasteiger partial charge is 0.460 e. The molecular weight excluding hydrogens is 871 g/mol. The Labute approximate surface area is 394 Å². The van der Waals surface area contributed by atoms with Gasteiger partial charge in [0.2, 0.25) is 11.6 Å². The highest BCUT2D eigenvalue weighted by atomic mass is 19.1. The molecule has 0 spiro atoms. The van der Waals surface area contributed by atoms with Gasteiger partial charge in [-0.2, -0.15) is 0 Å². The van der Waals surface area contributed by atoms with Crippen molar-refractivity contribution in [2.45, 2.75) is 149 Å². The molecule has 0 radical (unpaired) electrons. The number of nitrogens with zero attached hydrogens (tertiary/aromatic N) is 10. The van der Waals surface area contributed by atoms with Crippen LogP contribution in [0.4, 0.5) is 8.78 Å². The molecule has 356 valence electrons. The molecule has 0 aliphatic carbocycles. The van der Waals surface area contributed by atoms with Crippen molar-refractivity contribution in [3.8, 4) is 45.3 Å². The summed E-state index contributed by atoms with van der Waals surface area (Å²) in [6.07, 6.45) is 8.08. The van der Waals surface area contributed by atoms with E-state index in [0.29, 0.717) is 48.1 Å². The van der Waals surface area contributed by atoms with Gasteiger partial charge in [-0.3, -0.25) is 9.59 Å². The smallest absolute Gasteiger partial charge is 0.308 e. The molecule has 0 amide bonds. The number of aldehydes is 1. The van der Waals surface area contributed by atoms with Crippen LogP contribution < -0.4 is 0 Å².